The van der Waals surface area contributed by atoms with E-state index in [1.807, 2.05) is 6.07 Å². The molecule has 1 atom stereocenters. The minimum Gasteiger partial charge on any atom is -0.465 e. The number of carbonyl (C=O) groups is 2. The van der Waals surface area contributed by atoms with E-state index in [4.69, 9.17) is 4.74 Å². The van der Waals surface area contributed by atoms with Crippen molar-refractivity contribution in [2.75, 3.05) is 12.4 Å². The lowest BCUT2D eigenvalue weighted by Crippen LogP contribution is -2.18. The molecule has 0 heterocycles. The summed E-state index contributed by atoms with van der Waals surface area (Å²) in [5.74, 6) is 0.182. The fourth-order valence-electron chi connectivity index (χ4n) is 3.02. The first-order chi connectivity index (χ1) is 11.5. The van der Waals surface area contributed by atoms with E-state index in [0.29, 0.717) is 22.4 Å². The lowest BCUT2D eigenvalue weighted by atomic mass is 9.87. The van der Waals surface area contributed by atoms with Gasteiger partial charge >= 0.3 is 5.97 Å². The Hall–Kier alpha value is -1.62. The molecule has 0 fully saturated rings. The van der Waals surface area contributed by atoms with Gasteiger partial charge in [-0.05, 0) is 46.8 Å². The van der Waals surface area contributed by atoms with E-state index < -0.39 is 5.97 Å². The van der Waals surface area contributed by atoms with Crippen molar-refractivity contribution in [3.05, 3.63) is 40.0 Å². The van der Waals surface area contributed by atoms with Crippen LogP contribution in [-0.2, 0) is 9.53 Å². The van der Waals surface area contributed by atoms with Gasteiger partial charge < -0.3 is 10.1 Å². The van der Waals surface area contributed by atoms with Gasteiger partial charge in [0.2, 0.25) is 0 Å². The highest BCUT2D eigenvalue weighted by atomic mass is 79.9. The Morgan fingerprint density at radius 1 is 1.33 bits per heavy atom. The van der Waals surface area contributed by atoms with Gasteiger partial charge in [-0.25, -0.2) is 4.79 Å². The molecule has 1 aliphatic carbocycles. The largest absolute Gasteiger partial charge is 0.465 e. The second-order valence-corrected chi connectivity index (χ2v) is 6.98. The number of hydrogen-bond donors (Lipinski definition) is 1. The Kier molecular flexibility index (Phi) is 7.03. The van der Waals surface area contributed by atoms with Gasteiger partial charge in [0.15, 0.2) is 5.78 Å². The highest BCUT2D eigenvalue weighted by Gasteiger charge is 2.21. The van der Waals surface area contributed by atoms with Crippen LogP contribution in [0.25, 0.3) is 0 Å². The van der Waals surface area contributed by atoms with Crippen LogP contribution in [0.2, 0.25) is 0 Å². The molecule has 0 bridgehead atoms. The van der Waals surface area contributed by atoms with Crippen molar-refractivity contribution >= 4 is 33.4 Å². The first kappa shape index (κ1) is 18.7. The summed E-state index contributed by atoms with van der Waals surface area (Å²) in [6.45, 7) is 2.19. The van der Waals surface area contributed by atoms with E-state index in [9.17, 15) is 9.59 Å². The second-order valence-electron chi connectivity index (χ2n) is 6.19. The van der Waals surface area contributed by atoms with Crippen molar-refractivity contribution in [1.29, 1.82) is 0 Å². The molecule has 0 saturated heterocycles. The summed E-state index contributed by atoms with van der Waals surface area (Å²) in [6.07, 6.45) is 7.85. The summed E-state index contributed by atoms with van der Waals surface area (Å²) in [5.41, 5.74) is 2.14. The van der Waals surface area contributed by atoms with Gasteiger partial charge in [0, 0.05) is 18.2 Å². The van der Waals surface area contributed by atoms with Gasteiger partial charge in [-0.3, -0.25) is 4.79 Å². The quantitative estimate of drug-likeness (QED) is 0.517. The number of carbonyl (C=O) groups excluding carboxylic acids is 2. The Bertz CT molecular complexity index is 639. The summed E-state index contributed by atoms with van der Waals surface area (Å²) in [6, 6.07) is 5.38. The van der Waals surface area contributed by atoms with Crippen molar-refractivity contribution in [3.8, 4) is 0 Å². The number of ether oxygens (including phenoxy) is 1. The van der Waals surface area contributed by atoms with Crippen LogP contribution in [0.1, 0.15) is 55.8 Å². The smallest absolute Gasteiger partial charge is 0.339 e. The van der Waals surface area contributed by atoms with Crippen molar-refractivity contribution in [2.45, 2.75) is 45.4 Å². The number of hydrogen-bond acceptors (Lipinski definition) is 4. The molecule has 0 spiro atoms. The van der Waals surface area contributed by atoms with E-state index >= 15 is 0 Å². The summed E-state index contributed by atoms with van der Waals surface area (Å²) in [7, 11) is 1.36. The lowest BCUT2D eigenvalue weighted by molar-refractivity contribution is -0.116. The molecule has 2 rings (SSSR count). The minimum atomic E-state index is -0.392. The number of allylic oxidation sites excluding steroid dienone is 2. The molecular formula is C19H24BrNO3. The van der Waals surface area contributed by atoms with Crippen LogP contribution < -0.4 is 5.32 Å². The molecular weight excluding hydrogens is 370 g/mol. The maximum atomic E-state index is 12.0. The summed E-state index contributed by atoms with van der Waals surface area (Å²) < 4.78 is 5.44. The maximum Gasteiger partial charge on any atom is 0.339 e. The SMILES string of the molecule is CCCCCC1CC(=O)C=C(Nc2cccc(C(=O)OC)c2Br)C1. The van der Waals surface area contributed by atoms with Crippen LogP contribution in [0.4, 0.5) is 5.69 Å². The van der Waals surface area contributed by atoms with Gasteiger partial charge in [0.25, 0.3) is 0 Å². The Labute approximate surface area is 151 Å². The molecule has 1 aromatic rings. The van der Waals surface area contributed by atoms with Crippen LogP contribution >= 0.6 is 15.9 Å². The molecule has 5 heteroatoms. The first-order valence-corrected chi connectivity index (χ1v) is 9.21. The molecule has 0 amide bonds. The number of halogens is 1. The summed E-state index contributed by atoms with van der Waals surface area (Å²) in [4.78, 5) is 23.8. The number of anilines is 1. The molecule has 1 aliphatic rings. The number of esters is 1. The molecule has 24 heavy (non-hydrogen) atoms. The van der Waals surface area contributed by atoms with E-state index in [2.05, 4.69) is 28.2 Å². The number of methoxy groups -OCH3 is 1. The Morgan fingerprint density at radius 2 is 2.12 bits per heavy atom. The third-order valence-electron chi connectivity index (χ3n) is 4.25. The Morgan fingerprint density at radius 3 is 2.83 bits per heavy atom. The van der Waals surface area contributed by atoms with E-state index in [1.165, 1.54) is 26.4 Å². The number of nitrogens with one attached hydrogen (secondary N) is 1. The molecule has 4 nitrogen and oxygen atoms in total. The normalized spacial score (nSPS) is 17.4. The van der Waals surface area contributed by atoms with Gasteiger partial charge in [0.1, 0.15) is 0 Å². The minimum absolute atomic E-state index is 0.172. The molecule has 0 aliphatic heterocycles. The Balaban J connectivity index is 2.10. The zero-order chi connectivity index (χ0) is 17.5. The highest BCUT2D eigenvalue weighted by Crippen LogP contribution is 2.32. The van der Waals surface area contributed by atoms with Crippen LogP contribution in [0, 0.1) is 5.92 Å². The van der Waals surface area contributed by atoms with Crippen LogP contribution in [0.3, 0.4) is 0 Å². The first-order valence-electron chi connectivity index (χ1n) is 8.42. The molecule has 0 radical (unpaired) electrons. The zero-order valence-corrected chi connectivity index (χ0v) is 15.8. The second kappa shape index (κ2) is 9.02. The van der Waals surface area contributed by atoms with Gasteiger partial charge in [-0.2, -0.15) is 0 Å². The molecule has 1 unspecified atom stereocenters. The third kappa shape index (κ3) is 4.94. The topological polar surface area (TPSA) is 55.4 Å². The average Bonchev–Trinajstić information content (AvgIpc) is 2.56. The monoisotopic (exact) mass is 393 g/mol. The number of unbranched alkanes of at least 4 members (excludes halogenated alkanes) is 2. The molecule has 1 N–H and O–H groups in total. The molecule has 0 saturated carbocycles. The maximum absolute atomic E-state index is 12.0. The number of ketones is 1. The van der Waals surface area contributed by atoms with Crippen LogP contribution in [0.15, 0.2) is 34.4 Å². The lowest BCUT2D eigenvalue weighted by Gasteiger charge is -2.23. The van der Waals surface area contributed by atoms with E-state index in [-0.39, 0.29) is 5.78 Å². The fourth-order valence-corrected chi connectivity index (χ4v) is 3.55. The van der Waals surface area contributed by atoms with Crippen molar-refractivity contribution < 1.29 is 14.3 Å². The van der Waals surface area contributed by atoms with Crippen LogP contribution in [-0.4, -0.2) is 18.9 Å². The fraction of sp³-hybridized carbons (Fsp3) is 0.474. The number of benzene rings is 1. The van der Waals surface area contributed by atoms with E-state index in [0.717, 1.165) is 24.2 Å². The molecule has 130 valence electrons. The summed E-state index contributed by atoms with van der Waals surface area (Å²) in [5, 5.41) is 3.30. The standard InChI is InChI=1S/C19H24BrNO3/c1-3-4-5-7-13-10-14(12-15(22)11-13)21-17-9-6-8-16(18(17)20)19(23)24-2/h6,8-9,12-13,21H,3-5,7,10-11H2,1-2H3. The van der Waals surface area contributed by atoms with Crippen molar-refractivity contribution in [1.82, 2.24) is 0 Å². The van der Waals surface area contributed by atoms with Gasteiger partial charge in [0.05, 0.1) is 22.8 Å². The van der Waals surface area contributed by atoms with Crippen molar-refractivity contribution in [3.63, 3.8) is 0 Å². The van der Waals surface area contributed by atoms with Gasteiger partial charge in [-0.1, -0.05) is 32.3 Å². The van der Waals surface area contributed by atoms with E-state index in [1.54, 1.807) is 18.2 Å². The van der Waals surface area contributed by atoms with Gasteiger partial charge in [-0.15, -0.1) is 0 Å². The third-order valence-corrected chi connectivity index (χ3v) is 5.10. The van der Waals surface area contributed by atoms with Crippen LogP contribution in [0.5, 0.6) is 0 Å². The zero-order valence-electron chi connectivity index (χ0n) is 14.2. The predicted molar refractivity (Wildman–Crippen MR) is 99.1 cm³/mol. The molecule has 0 aromatic heterocycles. The number of rotatable bonds is 7. The van der Waals surface area contributed by atoms with Crippen molar-refractivity contribution in [2.24, 2.45) is 5.92 Å². The highest BCUT2D eigenvalue weighted by molar-refractivity contribution is 9.10. The average molecular weight is 394 g/mol. The summed E-state index contributed by atoms with van der Waals surface area (Å²) >= 11 is 3.46. The molecule has 1 aromatic carbocycles. The predicted octanol–water partition coefficient (Wildman–Crippen LogP) is 5.09.